The van der Waals surface area contributed by atoms with Gasteiger partial charge in [-0.25, -0.2) is 5.43 Å². The predicted molar refractivity (Wildman–Crippen MR) is 128 cm³/mol. The summed E-state index contributed by atoms with van der Waals surface area (Å²) in [7, 11) is 1.62. The Balaban J connectivity index is 1.54. The summed E-state index contributed by atoms with van der Waals surface area (Å²) in [6.45, 7) is 0.583. The molecule has 4 rings (SSSR count). The summed E-state index contributed by atoms with van der Waals surface area (Å²) in [5.41, 5.74) is 5.71. The topological polar surface area (TPSA) is 96.4 Å². The fourth-order valence-electron chi connectivity index (χ4n) is 2.92. The van der Waals surface area contributed by atoms with Crippen molar-refractivity contribution < 1.29 is 4.74 Å². The van der Waals surface area contributed by atoms with Crippen molar-refractivity contribution in [3.05, 3.63) is 96.1 Å². The fourth-order valence-corrected chi connectivity index (χ4v) is 2.92. The van der Waals surface area contributed by atoms with Gasteiger partial charge in [-0.05, 0) is 29.8 Å². The third kappa shape index (κ3) is 5.79. The van der Waals surface area contributed by atoms with E-state index in [9.17, 15) is 0 Å². The molecule has 1 heterocycles. The molecule has 0 radical (unpaired) electrons. The Morgan fingerprint density at radius 1 is 0.781 bits per heavy atom. The van der Waals surface area contributed by atoms with E-state index in [-0.39, 0.29) is 0 Å². The maximum absolute atomic E-state index is 5.35. The number of nitrogens with zero attached hydrogens (tertiary/aromatic N) is 4. The number of methoxy groups -OCH3 is 1. The molecule has 0 fully saturated rings. The predicted octanol–water partition coefficient (Wildman–Crippen LogP) is 4.68. The first-order chi connectivity index (χ1) is 15.8. The molecule has 32 heavy (non-hydrogen) atoms. The zero-order valence-corrected chi connectivity index (χ0v) is 17.6. The van der Waals surface area contributed by atoms with Gasteiger partial charge in [0, 0.05) is 17.8 Å². The summed E-state index contributed by atoms with van der Waals surface area (Å²) in [6, 6.07) is 27.3. The summed E-state index contributed by atoms with van der Waals surface area (Å²) >= 11 is 0. The molecule has 0 unspecified atom stereocenters. The number of hydrogen-bond acceptors (Lipinski definition) is 8. The number of hydrazone groups is 1. The molecular weight excluding hydrogens is 402 g/mol. The lowest BCUT2D eigenvalue weighted by Crippen LogP contribution is -2.09. The van der Waals surface area contributed by atoms with Gasteiger partial charge >= 0.3 is 0 Å². The summed E-state index contributed by atoms with van der Waals surface area (Å²) in [5, 5.41) is 10.7. The van der Waals surface area contributed by atoms with Gasteiger partial charge in [0.05, 0.1) is 13.3 Å². The lowest BCUT2D eigenvalue weighted by atomic mass is 10.2. The van der Waals surface area contributed by atoms with E-state index >= 15 is 0 Å². The highest BCUT2D eigenvalue weighted by Gasteiger charge is 2.07. The van der Waals surface area contributed by atoms with Crippen molar-refractivity contribution >= 4 is 29.7 Å². The van der Waals surface area contributed by atoms with E-state index in [4.69, 9.17) is 4.74 Å². The van der Waals surface area contributed by atoms with Crippen molar-refractivity contribution in [3.8, 4) is 5.75 Å². The molecule has 0 amide bonds. The van der Waals surface area contributed by atoms with Crippen LogP contribution in [-0.4, -0.2) is 28.3 Å². The van der Waals surface area contributed by atoms with Crippen molar-refractivity contribution in [3.63, 3.8) is 0 Å². The van der Waals surface area contributed by atoms with Crippen LogP contribution in [0.3, 0.4) is 0 Å². The molecule has 0 saturated carbocycles. The average molecular weight is 425 g/mol. The number of nitrogens with one attached hydrogen (secondary N) is 3. The van der Waals surface area contributed by atoms with Crippen LogP contribution in [0.25, 0.3) is 0 Å². The van der Waals surface area contributed by atoms with Gasteiger partial charge in [-0.2, -0.15) is 20.1 Å². The second-order valence-corrected chi connectivity index (χ2v) is 6.75. The summed E-state index contributed by atoms with van der Waals surface area (Å²) in [4.78, 5) is 13.3. The molecular formula is C24H23N7O. The fraction of sp³-hybridized carbons (Fsp3) is 0.0833. The van der Waals surface area contributed by atoms with Gasteiger partial charge in [-0.3, -0.25) is 0 Å². The minimum Gasteiger partial charge on any atom is -0.496 e. The molecule has 0 aliphatic carbocycles. The summed E-state index contributed by atoms with van der Waals surface area (Å²) in [5.74, 6) is 1.86. The summed E-state index contributed by atoms with van der Waals surface area (Å²) < 4.78 is 5.35. The highest BCUT2D eigenvalue weighted by atomic mass is 16.5. The molecule has 3 N–H and O–H groups in total. The van der Waals surface area contributed by atoms with Gasteiger partial charge in [0.1, 0.15) is 5.75 Å². The lowest BCUT2D eigenvalue weighted by Gasteiger charge is -2.10. The molecule has 0 saturated heterocycles. The third-order valence-electron chi connectivity index (χ3n) is 4.47. The molecule has 0 spiro atoms. The van der Waals surface area contributed by atoms with Gasteiger partial charge in [0.25, 0.3) is 0 Å². The monoisotopic (exact) mass is 425 g/mol. The van der Waals surface area contributed by atoms with Crippen molar-refractivity contribution in [1.29, 1.82) is 0 Å². The van der Waals surface area contributed by atoms with Gasteiger partial charge in [0.2, 0.25) is 17.8 Å². The van der Waals surface area contributed by atoms with E-state index < -0.39 is 0 Å². The van der Waals surface area contributed by atoms with Crippen LogP contribution >= 0.6 is 0 Å². The highest BCUT2D eigenvalue weighted by molar-refractivity contribution is 5.83. The normalized spacial score (nSPS) is 10.7. The smallest absolute Gasteiger partial charge is 0.250 e. The van der Waals surface area contributed by atoms with Crippen molar-refractivity contribution in [2.75, 3.05) is 23.2 Å². The van der Waals surface area contributed by atoms with Crippen LogP contribution in [0.5, 0.6) is 5.75 Å². The Labute approximate surface area is 186 Å². The molecule has 3 aromatic carbocycles. The standard InChI is InChI=1S/C24H23N7O/c1-32-21-15-9-8-12-19(21)17-26-31-24-29-22(25-16-18-10-4-2-5-11-18)28-23(30-24)27-20-13-6-3-7-14-20/h2-15,17H,16H2,1H3,(H3,25,27,28,29,30,31)/b26-17-. The minimum absolute atomic E-state index is 0.306. The van der Waals surface area contributed by atoms with Crippen molar-refractivity contribution in [2.24, 2.45) is 5.10 Å². The van der Waals surface area contributed by atoms with E-state index in [0.717, 1.165) is 22.6 Å². The molecule has 8 nitrogen and oxygen atoms in total. The van der Waals surface area contributed by atoms with E-state index in [0.29, 0.717) is 24.4 Å². The van der Waals surface area contributed by atoms with Gasteiger partial charge in [-0.15, -0.1) is 0 Å². The number of para-hydroxylation sites is 2. The largest absolute Gasteiger partial charge is 0.496 e. The maximum Gasteiger partial charge on any atom is 0.250 e. The molecule has 160 valence electrons. The van der Waals surface area contributed by atoms with Crippen molar-refractivity contribution in [1.82, 2.24) is 15.0 Å². The molecule has 1 aromatic heterocycles. The van der Waals surface area contributed by atoms with E-state index in [2.05, 4.69) is 36.1 Å². The van der Waals surface area contributed by atoms with Crippen LogP contribution in [0.4, 0.5) is 23.5 Å². The Hall–Kier alpha value is -4.46. The Morgan fingerprint density at radius 3 is 2.22 bits per heavy atom. The summed E-state index contributed by atoms with van der Waals surface area (Å²) in [6.07, 6.45) is 1.66. The number of aromatic nitrogens is 3. The number of anilines is 4. The van der Waals surface area contributed by atoms with Gasteiger partial charge in [-0.1, -0.05) is 60.7 Å². The molecule has 4 aromatic rings. The minimum atomic E-state index is 0.306. The zero-order valence-electron chi connectivity index (χ0n) is 17.6. The van der Waals surface area contributed by atoms with Crippen LogP contribution in [-0.2, 0) is 6.54 Å². The molecule has 0 aliphatic heterocycles. The quantitative estimate of drug-likeness (QED) is 0.265. The Morgan fingerprint density at radius 2 is 1.44 bits per heavy atom. The van der Waals surface area contributed by atoms with E-state index in [1.165, 1.54) is 0 Å². The lowest BCUT2D eigenvalue weighted by molar-refractivity contribution is 0.414. The average Bonchev–Trinajstić information content (AvgIpc) is 2.84. The first-order valence-corrected chi connectivity index (χ1v) is 10.1. The third-order valence-corrected chi connectivity index (χ3v) is 4.47. The van der Waals surface area contributed by atoms with Crippen LogP contribution in [0.15, 0.2) is 90.0 Å². The second-order valence-electron chi connectivity index (χ2n) is 6.75. The van der Waals surface area contributed by atoms with Gasteiger partial charge in [0.15, 0.2) is 0 Å². The molecule has 0 bridgehead atoms. The zero-order chi connectivity index (χ0) is 22.0. The Kier molecular flexibility index (Phi) is 6.85. The van der Waals surface area contributed by atoms with Crippen LogP contribution < -0.4 is 20.8 Å². The number of ether oxygens (including phenoxy) is 1. The molecule has 0 aliphatic rings. The van der Waals surface area contributed by atoms with Crippen LogP contribution in [0.2, 0.25) is 0 Å². The van der Waals surface area contributed by atoms with Gasteiger partial charge < -0.3 is 15.4 Å². The van der Waals surface area contributed by atoms with Crippen LogP contribution in [0.1, 0.15) is 11.1 Å². The number of rotatable bonds is 9. The Bertz CT molecular complexity index is 1170. The first kappa shape index (κ1) is 20.8. The van der Waals surface area contributed by atoms with Crippen LogP contribution in [0, 0.1) is 0 Å². The second kappa shape index (κ2) is 10.5. The highest BCUT2D eigenvalue weighted by Crippen LogP contribution is 2.17. The van der Waals surface area contributed by atoms with E-state index in [1.807, 2.05) is 84.9 Å². The van der Waals surface area contributed by atoms with E-state index in [1.54, 1.807) is 13.3 Å². The first-order valence-electron chi connectivity index (χ1n) is 10.1. The number of benzene rings is 3. The van der Waals surface area contributed by atoms with Crippen molar-refractivity contribution in [2.45, 2.75) is 6.54 Å². The molecule has 0 atom stereocenters. The maximum atomic E-state index is 5.35. The SMILES string of the molecule is COc1ccccc1/C=N\Nc1nc(NCc2ccccc2)nc(Nc2ccccc2)n1. The molecule has 8 heteroatoms. The number of hydrogen-bond donors (Lipinski definition) is 3.